The third kappa shape index (κ3) is 7.44. The van der Waals surface area contributed by atoms with Crippen molar-refractivity contribution in [3.05, 3.63) is 24.3 Å². The minimum absolute atomic E-state index is 0.281. The van der Waals surface area contributed by atoms with Crippen molar-refractivity contribution in [1.82, 2.24) is 0 Å². The molecule has 0 aliphatic heterocycles. The van der Waals surface area contributed by atoms with Gasteiger partial charge in [0.2, 0.25) is 0 Å². The van der Waals surface area contributed by atoms with E-state index in [1.807, 2.05) is 13.8 Å². The fraction of sp³-hybridized carbons (Fsp3) is 0.600. The Balaban J connectivity index is 2.18. The van der Waals surface area contributed by atoms with Crippen LogP contribution < -0.4 is 0 Å². The van der Waals surface area contributed by atoms with Gasteiger partial charge in [0.15, 0.2) is 0 Å². The molecule has 1 atom stereocenters. The summed E-state index contributed by atoms with van der Waals surface area (Å²) >= 11 is 0. The number of carbonyl (C=O) groups excluding carboxylic acids is 2. The van der Waals surface area contributed by atoms with Gasteiger partial charge in [-0.1, -0.05) is 26.0 Å². The van der Waals surface area contributed by atoms with E-state index in [0.717, 1.165) is 31.4 Å². The summed E-state index contributed by atoms with van der Waals surface area (Å²) in [4.78, 5) is 22.6. The van der Waals surface area contributed by atoms with Crippen LogP contribution in [0.2, 0.25) is 0 Å². The van der Waals surface area contributed by atoms with Crippen LogP contribution in [0.5, 0.6) is 0 Å². The van der Waals surface area contributed by atoms with Crippen LogP contribution in [0.1, 0.15) is 33.1 Å². The SMILES string of the molecule is CC(C)COC(=O)/C=C/C(=O)OCC1CC=CCC1. The molecule has 1 aliphatic rings. The molecule has 4 heteroatoms. The lowest BCUT2D eigenvalue weighted by atomic mass is 9.95. The molecule has 0 N–H and O–H groups in total. The molecule has 0 aromatic rings. The average molecular weight is 266 g/mol. The monoisotopic (exact) mass is 266 g/mol. The van der Waals surface area contributed by atoms with E-state index in [4.69, 9.17) is 9.47 Å². The van der Waals surface area contributed by atoms with E-state index < -0.39 is 11.9 Å². The molecule has 1 unspecified atom stereocenters. The maximum Gasteiger partial charge on any atom is 0.331 e. The van der Waals surface area contributed by atoms with Crippen molar-refractivity contribution in [3.63, 3.8) is 0 Å². The normalized spacial score (nSPS) is 18.8. The number of rotatable bonds is 6. The molecule has 0 heterocycles. The van der Waals surface area contributed by atoms with Gasteiger partial charge in [-0.25, -0.2) is 9.59 Å². The Hall–Kier alpha value is -1.58. The number of ether oxygens (including phenoxy) is 2. The smallest absolute Gasteiger partial charge is 0.331 e. The van der Waals surface area contributed by atoms with Crippen LogP contribution in [0.15, 0.2) is 24.3 Å². The first-order valence-corrected chi connectivity index (χ1v) is 6.74. The van der Waals surface area contributed by atoms with Gasteiger partial charge in [0.25, 0.3) is 0 Å². The minimum atomic E-state index is -0.508. The van der Waals surface area contributed by atoms with Gasteiger partial charge in [-0.3, -0.25) is 0 Å². The van der Waals surface area contributed by atoms with Gasteiger partial charge in [-0.05, 0) is 31.1 Å². The van der Waals surface area contributed by atoms with Gasteiger partial charge in [-0.15, -0.1) is 0 Å². The Morgan fingerprint density at radius 2 is 1.89 bits per heavy atom. The zero-order valence-electron chi connectivity index (χ0n) is 11.6. The second-order valence-electron chi connectivity index (χ2n) is 5.14. The number of carbonyl (C=O) groups is 2. The Morgan fingerprint density at radius 1 is 1.21 bits per heavy atom. The maximum atomic E-state index is 11.4. The zero-order valence-corrected chi connectivity index (χ0v) is 11.6. The third-order valence-corrected chi connectivity index (χ3v) is 2.75. The number of allylic oxidation sites excluding steroid dienone is 2. The summed E-state index contributed by atoms with van der Waals surface area (Å²) in [7, 11) is 0. The maximum absolute atomic E-state index is 11.4. The highest BCUT2D eigenvalue weighted by molar-refractivity contribution is 5.91. The molecule has 0 bridgehead atoms. The molecule has 4 nitrogen and oxygen atoms in total. The quantitative estimate of drug-likeness (QED) is 0.421. The van der Waals surface area contributed by atoms with Gasteiger partial charge in [0.1, 0.15) is 0 Å². The molecule has 1 rings (SSSR count). The molecule has 0 saturated heterocycles. The van der Waals surface area contributed by atoms with Crippen molar-refractivity contribution in [2.75, 3.05) is 13.2 Å². The van der Waals surface area contributed by atoms with E-state index >= 15 is 0 Å². The molecular weight excluding hydrogens is 244 g/mol. The summed E-state index contributed by atoms with van der Waals surface area (Å²) in [5.74, 6) is -0.318. The zero-order chi connectivity index (χ0) is 14.1. The summed E-state index contributed by atoms with van der Waals surface area (Å²) in [6, 6.07) is 0. The molecule has 0 spiro atoms. The van der Waals surface area contributed by atoms with Gasteiger partial charge < -0.3 is 9.47 Å². The number of hydrogen-bond acceptors (Lipinski definition) is 4. The number of hydrogen-bond donors (Lipinski definition) is 0. The van der Waals surface area contributed by atoms with E-state index in [0.29, 0.717) is 19.1 Å². The molecule has 0 aromatic carbocycles. The van der Waals surface area contributed by atoms with Crippen molar-refractivity contribution < 1.29 is 19.1 Å². The first-order valence-electron chi connectivity index (χ1n) is 6.74. The average Bonchev–Trinajstić information content (AvgIpc) is 2.41. The molecule has 0 amide bonds. The minimum Gasteiger partial charge on any atom is -0.462 e. The fourth-order valence-corrected chi connectivity index (χ4v) is 1.69. The first kappa shape index (κ1) is 15.5. The lowest BCUT2D eigenvalue weighted by molar-refractivity contribution is -0.141. The van der Waals surface area contributed by atoms with Crippen LogP contribution in [-0.2, 0) is 19.1 Å². The van der Waals surface area contributed by atoms with Gasteiger partial charge >= 0.3 is 11.9 Å². The molecule has 0 aromatic heterocycles. The summed E-state index contributed by atoms with van der Waals surface area (Å²) < 4.78 is 10.00. The Kier molecular flexibility index (Phi) is 6.93. The second-order valence-corrected chi connectivity index (χ2v) is 5.14. The molecule has 0 fully saturated rings. The van der Waals surface area contributed by atoms with Crippen LogP contribution >= 0.6 is 0 Å². The standard InChI is InChI=1S/C15H22O4/c1-12(2)10-18-14(16)8-9-15(17)19-11-13-6-4-3-5-7-13/h3-4,8-9,12-13H,5-7,10-11H2,1-2H3/b9-8+. The van der Waals surface area contributed by atoms with Crippen molar-refractivity contribution >= 4 is 11.9 Å². The topological polar surface area (TPSA) is 52.6 Å². The van der Waals surface area contributed by atoms with E-state index in [-0.39, 0.29) is 5.92 Å². The highest BCUT2D eigenvalue weighted by Crippen LogP contribution is 2.18. The van der Waals surface area contributed by atoms with Crippen molar-refractivity contribution in [2.24, 2.45) is 11.8 Å². The van der Waals surface area contributed by atoms with Crippen molar-refractivity contribution in [3.8, 4) is 0 Å². The van der Waals surface area contributed by atoms with Crippen LogP contribution in [0, 0.1) is 11.8 Å². The lowest BCUT2D eigenvalue weighted by Crippen LogP contribution is -2.14. The summed E-state index contributed by atoms with van der Waals surface area (Å²) in [5.41, 5.74) is 0. The largest absolute Gasteiger partial charge is 0.462 e. The molecule has 0 radical (unpaired) electrons. The Labute approximate surface area is 114 Å². The number of esters is 2. The molecule has 19 heavy (non-hydrogen) atoms. The lowest BCUT2D eigenvalue weighted by Gasteiger charge is -2.16. The fourth-order valence-electron chi connectivity index (χ4n) is 1.69. The van der Waals surface area contributed by atoms with E-state index in [9.17, 15) is 9.59 Å². The summed E-state index contributed by atoms with van der Waals surface area (Å²) in [6.45, 7) is 4.66. The highest BCUT2D eigenvalue weighted by Gasteiger charge is 2.11. The van der Waals surface area contributed by atoms with Crippen LogP contribution in [0.3, 0.4) is 0 Å². The van der Waals surface area contributed by atoms with E-state index in [1.54, 1.807) is 0 Å². The van der Waals surface area contributed by atoms with E-state index in [1.165, 1.54) is 0 Å². The molecule has 0 saturated carbocycles. The molecule has 1 aliphatic carbocycles. The molecule has 106 valence electrons. The van der Waals surface area contributed by atoms with Gasteiger partial charge in [-0.2, -0.15) is 0 Å². The predicted octanol–water partition coefficient (Wildman–Crippen LogP) is 2.64. The van der Waals surface area contributed by atoms with Crippen molar-refractivity contribution in [2.45, 2.75) is 33.1 Å². The Morgan fingerprint density at radius 3 is 2.47 bits per heavy atom. The third-order valence-electron chi connectivity index (χ3n) is 2.75. The predicted molar refractivity (Wildman–Crippen MR) is 72.4 cm³/mol. The Bertz CT molecular complexity index is 355. The first-order chi connectivity index (χ1) is 9.08. The highest BCUT2D eigenvalue weighted by atomic mass is 16.5. The van der Waals surface area contributed by atoms with Crippen LogP contribution in [0.25, 0.3) is 0 Å². The van der Waals surface area contributed by atoms with Crippen LogP contribution in [-0.4, -0.2) is 25.2 Å². The van der Waals surface area contributed by atoms with E-state index in [2.05, 4.69) is 12.2 Å². The second kappa shape index (κ2) is 8.51. The summed E-state index contributed by atoms with van der Waals surface area (Å²) in [5, 5.41) is 0. The van der Waals surface area contributed by atoms with Gasteiger partial charge in [0.05, 0.1) is 13.2 Å². The van der Waals surface area contributed by atoms with Crippen molar-refractivity contribution in [1.29, 1.82) is 0 Å². The summed E-state index contributed by atoms with van der Waals surface area (Å²) in [6.07, 6.45) is 9.54. The molecular formula is C15H22O4. The van der Waals surface area contributed by atoms with Gasteiger partial charge in [0, 0.05) is 12.2 Å². The van der Waals surface area contributed by atoms with Crippen LogP contribution in [0.4, 0.5) is 0 Å².